The van der Waals surface area contributed by atoms with Gasteiger partial charge in [-0.3, -0.25) is 0 Å². The Kier molecular flexibility index (Phi) is 2.87. The van der Waals surface area contributed by atoms with Crippen LogP contribution in [0.5, 0.6) is 0 Å². The normalized spacial score (nSPS) is 12.4. The minimum atomic E-state index is -3.15. The summed E-state index contributed by atoms with van der Waals surface area (Å²) in [6.07, 6.45) is 0. The molecule has 92 valence electrons. The van der Waals surface area contributed by atoms with E-state index in [2.05, 4.69) is 0 Å². The first-order valence-electron chi connectivity index (χ1n) is 5.38. The van der Waals surface area contributed by atoms with Crippen LogP contribution in [0.1, 0.15) is 19.6 Å². The summed E-state index contributed by atoms with van der Waals surface area (Å²) in [6.45, 7) is 3.32. The topological polar surface area (TPSA) is 73.3 Å². The lowest BCUT2D eigenvalue weighted by Gasteiger charge is -2.04. The second-order valence-electron chi connectivity index (χ2n) is 4.33. The van der Waals surface area contributed by atoms with E-state index in [4.69, 9.17) is 10.2 Å². The Bertz CT molecular complexity index is 641. The smallest absolute Gasteiger partial charge is 0.159 e. The Hall–Kier alpha value is -1.49. The zero-order valence-electron chi connectivity index (χ0n) is 9.80. The fourth-order valence-corrected chi connectivity index (χ4v) is 2.44. The monoisotopic (exact) mass is 253 g/mol. The van der Waals surface area contributed by atoms with E-state index in [0.29, 0.717) is 17.0 Å². The average Bonchev–Trinajstić information content (AvgIpc) is 2.60. The van der Waals surface area contributed by atoms with E-state index in [0.717, 1.165) is 5.39 Å². The molecule has 2 rings (SSSR count). The van der Waals surface area contributed by atoms with Crippen LogP contribution in [-0.4, -0.2) is 13.7 Å². The van der Waals surface area contributed by atoms with Crippen LogP contribution in [0.15, 0.2) is 28.7 Å². The molecule has 0 saturated heterocycles. The minimum Gasteiger partial charge on any atom is -0.460 e. The second kappa shape index (κ2) is 4.07. The molecular formula is C12H15NO3S. The van der Waals surface area contributed by atoms with E-state index in [1.165, 1.54) is 0 Å². The molecule has 0 unspecified atom stereocenters. The fourth-order valence-electron chi connectivity index (χ4n) is 1.57. The Morgan fingerprint density at radius 1 is 1.35 bits per heavy atom. The largest absolute Gasteiger partial charge is 0.460 e. The predicted octanol–water partition coefficient (Wildman–Crippen LogP) is 2.34. The van der Waals surface area contributed by atoms with Crippen LogP contribution in [0, 0.1) is 0 Å². The first-order chi connectivity index (χ1) is 7.90. The van der Waals surface area contributed by atoms with Gasteiger partial charge in [0.1, 0.15) is 17.1 Å². The summed E-state index contributed by atoms with van der Waals surface area (Å²) in [5.74, 6) is 0.352. The van der Waals surface area contributed by atoms with Gasteiger partial charge in [0.2, 0.25) is 0 Å². The van der Waals surface area contributed by atoms with Crippen molar-refractivity contribution in [1.82, 2.24) is 0 Å². The zero-order valence-corrected chi connectivity index (χ0v) is 10.6. The third-order valence-corrected chi connectivity index (χ3v) is 4.83. The summed E-state index contributed by atoms with van der Waals surface area (Å²) in [6, 6.07) is 7.02. The van der Waals surface area contributed by atoms with Crippen molar-refractivity contribution >= 4 is 26.5 Å². The maximum Gasteiger partial charge on any atom is 0.159 e. The molecule has 1 aromatic heterocycles. The van der Waals surface area contributed by atoms with Crippen molar-refractivity contribution in [3.05, 3.63) is 30.0 Å². The molecule has 0 amide bonds. The Morgan fingerprint density at radius 2 is 2.06 bits per heavy atom. The van der Waals surface area contributed by atoms with Crippen molar-refractivity contribution in [2.75, 3.05) is 5.73 Å². The van der Waals surface area contributed by atoms with E-state index in [-0.39, 0.29) is 5.75 Å². The summed E-state index contributed by atoms with van der Waals surface area (Å²) < 4.78 is 29.0. The number of furan rings is 1. The molecule has 2 N–H and O–H groups in total. The molecule has 0 spiro atoms. The van der Waals surface area contributed by atoms with Gasteiger partial charge in [-0.2, -0.15) is 0 Å². The first-order valence-corrected chi connectivity index (χ1v) is 7.10. The third-order valence-electron chi connectivity index (χ3n) is 2.71. The molecule has 0 atom stereocenters. The summed E-state index contributed by atoms with van der Waals surface area (Å²) in [5.41, 5.74) is 7.00. The number of nitrogens with two attached hydrogens (primary N) is 1. The highest BCUT2D eigenvalue weighted by Crippen LogP contribution is 2.26. The number of hydrogen-bond donors (Lipinski definition) is 1. The van der Waals surface area contributed by atoms with E-state index in [1.807, 2.05) is 0 Å². The summed E-state index contributed by atoms with van der Waals surface area (Å²) in [5, 5.41) is 0.356. The van der Waals surface area contributed by atoms with Gasteiger partial charge in [0.15, 0.2) is 9.84 Å². The van der Waals surface area contributed by atoms with Gasteiger partial charge < -0.3 is 10.2 Å². The number of benzene rings is 1. The highest BCUT2D eigenvalue weighted by atomic mass is 32.2. The summed E-state index contributed by atoms with van der Waals surface area (Å²) in [4.78, 5) is 0. The average molecular weight is 253 g/mol. The molecule has 0 aliphatic carbocycles. The molecule has 0 radical (unpaired) electrons. The SMILES string of the molecule is CC(C)S(=O)(=O)Cc1cc2c(N)cccc2o1. The van der Waals surface area contributed by atoms with E-state index in [9.17, 15) is 8.42 Å². The molecule has 0 saturated carbocycles. The van der Waals surface area contributed by atoms with Gasteiger partial charge in [-0.25, -0.2) is 8.42 Å². The van der Waals surface area contributed by atoms with Crippen LogP contribution >= 0.6 is 0 Å². The van der Waals surface area contributed by atoms with Gasteiger partial charge >= 0.3 is 0 Å². The van der Waals surface area contributed by atoms with Gasteiger partial charge in [-0.15, -0.1) is 0 Å². The first kappa shape index (κ1) is 12.0. The van der Waals surface area contributed by atoms with E-state index >= 15 is 0 Å². The number of anilines is 1. The van der Waals surface area contributed by atoms with Gasteiger partial charge in [0.05, 0.1) is 5.25 Å². The Morgan fingerprint density at radius 3 is 2.65 bits per heavy atom. The Labute approximate surface area is 100 Å². The highest BCUT2D eigenvalue weighted by molar-refractivity contribution is 7.91. The molecule has 4 nitrogen and oxygen atoms in total. The standard InChI is InChI=1S/C12H15NO3S/c1-8(2)17(14,15)7-9-6-10-11(13)4-3-5-12(10)16-9/h3-6,8H,7,13H2,1-2H3. The van der Waals surface area contributed by atoms with Crippen LogP contribution in [0.3, 0.4) is 0 Å². The van der Waals surface area contributed by atoms with Gasteiger partial charge in [-0.05, 0) is 32.0 Å². The molecule has 0 aliphatic rings. The van der Waals surface area contributed by atoms with Crippen LogP contribution in [0.2, 0.25) is 0 Å². The number of hydrogen-bond acceptors (Lipinski definition) is 4. The molecule has 0 bridgehead atoms. The number of nitrogen functional groups attached to an aromatic ring is 1. The predicted molar refractivity (Wildman–Crippen MR) is 68.4 cm³/mol. The number of fused-ring (bicyclic) bond motifs is 1. The quantitative estimate of drug-likeness (QED) is 0.852. The molecule has 0 fully saturated rings. The maximum absolute atomic E-state index is 11.8. The lowest BCUT2D eigenvalue weighted by Crippen LogP contribution is -2.15. The number of sulfone groups is 1. The lowest BCUT2D eigenvalue weighted by molar-refractivity contribution is 0.550. The highest BCUT2D eigenvalue weighted by Gasteiger charge is 2.19. The Balaban J connectivity index is 2.42. The van der Waals surface area contributed by atoms with Crippen molar-refractivity contribution < 1.29 is 12.8 Å². The minimum absolute atomic E-state index is 0.0845. The van der Waals surface area contributed by atoms with Crippen molar-refractivity contribution in [3.63, 3.8) is 0 Å². The van der Waals surface area contributed by atoms with Crippen LogP contribution in [-0.2, 0) is 15.6 Å². The van der Waals surface area contributed by atoms with E-state index in [1.54, 1.807) is 38.1 Å². The summed E-state index contributed by atoms with van der Waals surface area (Å²) in [7, 11) is -3.15. The van der Waals surface area contributed by atoms with Crippen LogP contribution in [0.25, 0.3) is 11.0 Å². The molecule has 5 heteroatoms. The van der Waals surface area contributed by atoms with Gasteiger partial charge in [0, 0.05) is 11.1 Å². The molecule has 2 aromatic rings. The molecule has 17 heavy (non-hydrogen) atoms. The molecule has 1 heterocycles. The third kappa shape index (κ3) is 2.29. The zero-order chi connectivity index (χ0) is 12.6. The van der Waals surface area contributed by atoms with Crippen LogP contribution in [0.4, 0.5) is 5.69 Å². The van der Waals surface area contributed by atoms with Crippen molar-refractivity contribution in [3.8, 4) is 0 Å². The maximum atomic E-state index is 11.8. The molecule has 1 aromatic carbocycles. The van der Waals surface area contributed by atoms with Crippen molar-refractivity contribution in [2.24, 2.45) is 0 Å². The molecule has 0 aliphatic heterocycles. The number of rotatable bonds is 3. The van der Waals surface area contributed by atoms with Gasteiger partial charge in [0.25, 0.3) is 0 Å². The van der Waals surface area contributed by atoms with E-state index < -0.39 is 15.1 Å². The fraction of sp³-hybridized carbons (Fsp3) is 0.333. The molecular weight excluding hydrogens is 238 g/mol. The second-order valence-corrected chi connectivity index (χ2v) is 6.88. The summed E-state index contributed by atoms with van der Waals surface area (Å²) >= 11 is 0. The lowest BCUT2D eigenvalue weighted by atomic mass is 10.2. The van der Waals surface area contributed by atoms with Crippen molar-refractivity contribution in [2.45, 2.75) is 24.9 Å². The van der Waals surface area contributed by atoms with Gasteiger partial charge in [-0.1, -0.05) is 6.07 Å². The van der Waals surface area contributed by atoms with Crippen molar-refractivity contribution in [1.29, 1.82) is 0 Å². The van der Waals surface area contributed by atoms with Crippen LogP contribution < -0.4 is 5.73 Å².